The smallest absolute Gasteiger partial charge is 0.417 e. The normalized spacial score (nSPS) is 16.6. The van der Waals surface area contributed by atoms with Crippen LogP contribution in [0.5, 0.6) is 11.5 Å². The van der Waals surface area contributed by atoms with Crippen LogP contribution in [0.25, 0.3) is 0 Å². The fourth-order valence-corrected chi connectivity index (χ4v) is 5.31. The maximum Gasteiger partial charge on any atom is 0.417 e. The van der Waals surface area contributed by atoms with E-state index in [2.05, 4.69) is 0 Å². The lowest BCUT2D eigenvalue weighted by Crippen LogP contribution is -2.44. The van der Waals surface area contributed by atoms with Crippen LogP contribution in [0.3, 0.4) is 0 Å². The van der Waals surface area contributed by atoms with Gasteiger partial charge < -0.3 is 15.2 Å². The highest BCUT2D eigenvalue weighted by Gasteiger charge is 2.37. The van der Waals surface area contributed by atoms with Crippen molar-refractivity contribution in [3.63, 3.8) is 0 Å². The first-order chi connectivity index (χ1) is 17.6. The molecule has 2 atom stereocenters. The van der Waals surface area contributed by atoms with Crippen molar-refractivity contribution in [1.29, 1.82) is 0 Å². The Balaban J connectivity index is 1.76. The van der Waals surface area contributed by atoms with Gasteiger partial charge in [-0.25, -0.2) is 0 Å². The van der Waals surface area contributed by atoms with Crippen LogP contribution in [0.15, 0.2) is 60.7 Å². The minimum absolute atomic E-state index is 0.314. The molecule has 2 N–H and O–H groups in total. The molecular weight excluding hydrogens is 505 g/mol. The largest absolute Gasteiger partial charge is 0.493 e. The minimum atomic E-state index is -4.55. The maximum absolute atomic E-state index is 13.5. The van der Waals surface area contributed by atoms with E-state index in [1.807, 2.05) is 47.4 Å². The first kappa shape index (κ1) is 26.8. The van der Waals surface area contributed by atoms with Gasteiger partial charge in [0.1, 0.15) is 6.04 Å². The number of carbonyl (C=O) groups excluding carboxylic acids is 1. The predicted octanol–water partition coefficient (Wildman–Crippen LogP) is 6.13. The van der Waals surface area contributed by atoms with Crippen LogP contribution in [0.4, 0.5) is 13.2 Å². The second-order valence-electron chi connectivity index (χ2n) is 8.98. The second-order valence-corrected chi connectivity index (χ2v) is 9.38. The molecule has 1 aliphatic rings. The summed E-state index contributed by atoms with van der Waals surface area (Å²) in [7, 11) is 3.11. The lowest BCUT2D eigenvalue weighted by molar-refractivity contribution is -0.137. The number of alkyl halides is 3. The summed E-state index contributed by atoms with van der Waals surface area (Å²) in [6, 6.07) is 16.0. The molecule has 0 aromatic heterocycles. The van der Waals surface area contributed by atoms with Gasteiger partial charge >= 0.3 is 6.18 Å². The number of primary amides is 1. The highest BCUT2D eigenvalue weighted by Crippen LogP contribution is 2.43. The van der Waals surface area contributed by atoms with E-state index in [9.17, 15) is 18.0 Å². The molecule has 0 bridgehead atoms. The van der Waals surface area contributed by atoms with E-state index in [4.69, 9.17) is 26.8 Å². The number of benzene rings is 3. The Bertz CT molecular complexity index is 1270. The Hall–Kier alpha value is -3.23. The minimum Gasteiger partial charge on any atom is -0.493 e. The predicted molar refractivity (Wildman–Crippen MR) is 136 cm³/mol. The average Bonchev–Trinajstić information content (AvgIpc) is 2.87. The van der Waals surface area contributed by atoms with Crippen LogP contribution in [0.2, 0.25) is 5.02 Å². The van der Waals surface area contributed by atoms with Gasteiger partial charge in [0.2, 0.25) is 5.91 Å². The molecule has 5 nitrogen and oxygen atoms in total. The highest BCUT2D eigenvalue weighted by atomic mass is 35.5. The molecule has 4 rings (SSSR count). The molecule has 3 aromatic carbocycles. The number of amides is 1. The zero-order chi connectivity index (χ0) is 26.7. The number of carbonyl (C=O) groups is 1. The van der Waals surface area contributed by atoms with Crippen LogP contribution >= 0.6 is 11.6 Å². The molecule has 1 amide bonds. The summed E-state index contributed by atoms with van der Waals surface area (Å²) in [4.78, 5) is 14.8. The number of methoxy groups -OCH3 is 2. The van der Waals surface area contributed by atoms with Gasteiger partial charge in [-0.05, 0) is 65.8 Å². The SMILES string of the molecule is COc1cc2c(cc1OC)[C@H](CCc1ccc(Cl)c(C(F)(F)F)c1)N([C@@H](C(N)=O)c1ccccc1)CC2. The Morgan fingerprint density at radius 3 is 2.38 bits per heavy atom. The molecule has 0 saturated heterocycles. The molecule has 196 valence electrons. The standard InChI is InChI=1S/C28H28ClF3N2O3/c1-36-24-15-19-12-13-34(26(27(33)35)18-6-4-3-5-7-18)23(20(19)16-25(24)37-2)11-9-17-8-10-22(29)21(14-17)28(30,31)32/h3-8,10,14-16,23,26H,9,11-13H2,1-2H3,(H2,33,35)/t23-,26+/m0/s1. The lowest BCUT2D eigenvalue weighted by atomic mass is 9.86. The van der Waals surface area contributed by atoms with Gasteiger partial charge in [-0.1, -0.05) is 48.0 Å². The first-order valence-electron chi connectivity index (χ1n) is 11.8. The number of rotatable bonds is 8. The summed E-state index contributed by atoms with van der Waals surface area (Å²) >= 11 is 5.82. The van der Waals surface area contributed by atoms with Gasteiger partial charge in [0.05, 0.1) is 24.8 Å². The van der Waals surface area contributed by atoms with Crippen molar-refractivity contribution in [2.24, 2.45) is 5.73 Å². The molecule has 0 spiro atoms. The van der Waals surface area contributed by atoms with Gasteiger partial charge in [-0.2, -0.15) is 13.2 Å². The maximum atomic E-state index is 13.5. The number of hydrogen-bond acceptors (Lipinski definition) is 4. The van der Waals surface area contributed by atoms with E-state index in [-0.39, 0.29) is 11.1 Å². The van der Waals surface area contributed by atoms with Crippen molar-refractivity contribution < 1.29 is 27.4 Å². The van der Waals surface area contributed by atoms with E-state index < -0.39 is 23.7 Å². The van der Waals surface area contributed by atoms with Gasteiger partial charge in [0, 0.05) is 12.6 Å². The molecule has 1 aliphatic heterocycles. The van der Waals surface area contributed by atoms with E-state index >= 15 is 0 Å². The molecule has 0 aliphatic carbocycles. The number of nitrogens with two attached hydrogens (primary N) is 1. The van der Waals surface area contributed by atoms with Crippen LogP contribution in [-0.2, 0) is 23.8 Å². The Morgan fingerprint density at radius 2 is 1.76 bits per heavy atom. The van der Waals surface area contributed by atoms with E-state index in [1.54, 1.807) is 20.3 Å². The molecule has 3 aromatic rings. The molecular formula is C28H28ClF3N2O3. The lowest BCUT2D eigenvalue weighted by Gasteiger charge is -2.41. The van der Waals surface area contributed by atoms with Crippen LogP contribution < -0.4 is 15.2 Å². The number of halogens is 4. The quantitative estimate of drug-likeness (QED) is 0.379. The van der Waals surface area contributed by atoms with E-state index in [0.717, 1.165) is 22.8 Å². The van der Waals surface area contributed by atoms with Gasteiger partial charge in [0.15, 0.2) is 11.5 Å². The Morgan fingerprint density at radius 1 is 1.08 bits per heavy atom. The molecule has 1 heterocycles. The molecule has 37 heavy (non-hydrogen) atoms. The molecule has 0 saturated carbocycles. The van der Waals surface area contributed by atoms with Crippen molar-refractivity contribution in [2.75, 3.05) is 20.8 Å². The number of fused-ring (bicyclic) bond motifs is 1. The first-order valence-corrected chi connectivity index (χ1v) is 12.2. The Kier molecular flexibility index (Phi) is 7.99. The molecule has 0 fully saturated rings. The van der Waals surface area contributed by atoms with Crippen LogP contribution in [-0.4, -0.2) is 31.6 Å². The van der Waals surface area contributed by atoms with Crippen molar-refractivity contribution in [3.05, 3.63) is 93.5 Å². The van der Waals surface area contributed by atoms with Gasteiger partial charge in [-0.15, -0.1) is 0 Å². The highest BCUT2D eigenvalue weighted by molar-refractivity contribution is 6.31. The summed E-state index contributed by atoms with van der Waals surface area (Å²) in [5.74, 6) is 0.635. The van der Waals surface area contributed by atoms with Gasteiger partial charge in [-0.3, -0.25) is 9.69 Å². The second kappa shape index (κ2) is 11.0. The van der Waals surface area contributed by atoms with E-state index in [0.29, 0.717) is 42.9 Å². The number of ether oxygens (including phenoxy) is 2. The molecule has 0 radical (unpaired) electrons. The van der Waals surface area contributed by atoms with Crippen molar-refractivity contribution >= 4 is 17.5 Å². The zero-order valence-corrected chi connectivity index (χ0v) is 21.3. The fraction of sp³-hybridized carbons (Fsp3) is 0.321. The number of nitrogens with zero attached hydrogens (tertiary/aromatic N) is 1. The summed E-state index contributed by atoms with van der Waals surface area (Å²) in [6.07, 6.45) is -3.14. The van der Waals surface area contributed by atoms with Crippen LogP contribution in [0, 0.1) is 0 Å². The molecule has 9 heteroatoms. The monoisotopic (exact) mass is 532 g/mol. The van der Waals surface area contributed by atoms with Crippen molar-refractivity contribution in [2.45, 2.75) is 37.5 Å². The number of aryl methyl sites for hydroxylation is 1. The van der Waals surface area contributed by atoms with Crippen molar-refractivity contribution in [3.8, 4) is 11.5 Å². The Labute approximate surface area is 218 Å². The summed E-state index contributed by atoms with van der Waals surface area (Å²) in [5.41, 5.74) is 8.26. The summed E-state index contributed by atoms with van der Waals surface area (Å²) in [6.45, 7) is 0.532. The van der Waals surface area contributed by atoms with Gasteiger partial charge in [0.25, 0.3) is 0 Å². The fourth-order valence-electron chi connectivity index (χ4n) is 5.08. The third kappa shape index (κ3) is 5.70. The summed E-state index contributed by atoms with van der Waals surface area (Å²) in [5, 5.41) is -0.337. The zero-order valence-electron chi connectivity index (χ0n) is 20.5. The molecule has 0 unspecified atom stereocenters. The van der Waals surface area contributed by atoms with Crippen molar-refractivity contribution in [1.82, 2.24) is 4.90 Å². The average molecular weight is 533 g/mol. The summed E-state index contributed by atoms with van der Waals surface area (Å²) < 4.78 is 51.4. The number of hydrogen-bond donors (Lipinski definition) is 1. The van der Waals surface area contributed by atoms with E-state index in [1.165, 1.54) is 6.07 Å². The van der Waals surface area contributed by atoms with Crippen LogP contribution in [0.1, 0.15) is 46.3 Å². The third-order valence-corrected chi connectivity index (χ3v) is 7.13. The topological polar surface area (TPSA) is 64.8 Å². The third-order valence-electron chi connectivity index (χ3n) is 6.80.